The number of aryl methyl sites for hydroxylation is 1. The van der Waals surface area contributed by atoms with Crippen molar-refractivity contribution >= 4 is 17.5 Å². The highest BCUT2D eigenvalue weighted by molar-refractivity contribution is 6.33. The monoisotopic (exact) mass is 372 g/mol. The lowest BCUT2D eigenvalue weighted by molar-refractivity contribution is 0.0902. The summed E-state index contributed by atoms with van der Waals surface area (Å²) in [4.78, 5) is 14.9. The largest absolute Gasteiger partial charge is 0.348 e. The minimum atomic E-state index is -0.169. The van der Waals surface area contributed by atoms with Crippen molar-refractivity contribution in [3.8, 4) is 0 Å². The van der Waals surface area contributed by atoms with E-state index in [0.29, 0.717) is 16.1 Å². The molecule has 6 heteroatoms. The van der Waals surface area contributed by atoms with Crippen molar-refractivity contribution in [1.82, 2.24) is 20.0 Å². The Hall–Kier alpha value is -1.85. The van der Waals surface area contributed by atoms with E-state index >= 15 is 0 Å². The lowest BCUT2D eigenvalue weighted by atomic mass is 9.94. The summed E-state index contributed by atoms with van der Waals surface area (Å²) < 4.78 is 1.57. The van der Waals surface area contributed by atoms with E-state index in [1.54, 1.807) is 17.9 Å². The van der Waals surface area contributed by atoms with Crippen molar-refractivity contribution < 1.29 is 4.79 Å². The highest BCUT2D eigenvalue weighted by Crippen LogP contribution is 2.48. The Bertz CT molecular complexity index is 776. The first kappa shape index (κ1) is 17.6. The van der Waals surface area contributed by atoms with Crippen LogP contribution >= 0.6 is 11.6 Å². The van der Waals surface area contributed by atoms with E-state index in [4.69, 9.17) is 11.6 Å². The Morgan fingerprint density at radius 3 is 2.54 bits per heavy atom. The predicted octanol–water partition coefficient (Wildman–Crippen LogP) is 3.00. The molecule has 2 fully saturated rings. The van der Waals surface area contributed by atoms with E-state index in [9.17, 15) is 4.79 Å². The number of nitrogens with zero attached hydrogens (tertiary/aromatic N) is 3. The number of likely N-dealkylation sites (tertiary alicyclic amines) is 1. The first-order valence-corrected chi connectivity index (χ1v) is 9.71. The summed E-state index contributed by atoms with van der Waals surface area (Å²) in [5, 5.41) is 7.64. The molecular weight excluding hydrogens is 348 g/mol. The summed E-state index contributed by atoms with van der Waals surface area (Å²) in [7, 11) is 1.77. The van der Waals surface area contributed by atoms with Gasteiger partial charge < -0.3 is 10.2 Å². The Morgan fingerprint density at radius 1 is 1.27 bits per heavy atom. The number of piperidine rings is 1. The molecule has 0 spiro atoms. The van der Waals surface area contributed by atoms with Crippen molar-refractivity contribution in [3.63, 3.8) is 0 Å². The molecule has 0 unspecified atom stereocenters. The molecule has 2 heterocycles. The number of carbonyl (C=O) groups is 1. The van der Waals surface area contributed by atoms with Crippen molar-refractivity contribution in [1.29, 1.82) is 0 Å². The van der Waals surface area contributed by atoms with Crippen LogP contribution in [0, 0.1) is 0 Å². The van der Waals surface area contributed by atoms with Gasteiger partial charge in [0.1, 0.15) is 0 Å². The normalized spacial score (nSPS) is 20.1. The van der Waals surface area contributed by atoms with Gasteiger partial charge in [-0.05, 0) is 31.2 Å². The van der Waals surface area contributed by atoms with Gasteiger partial charge in [-0.15, -0.1) is 0 Å². The number of amides is 1. The molecule has 0 atom stereocenters. The Balaban J connectivity index is 1.29. The van der Waals surface area contributed by atoms with E-state index in [0.717, 1.165) is 32.5 Å². The summed E-state index contributed by atoms with van der Waals surface area (Å²) in [6, 6.07) is 11.1. The lowest BCUT2D eigenvalue weighted by Crippen LogP contribution is -2.46. The fourth-order valence-corrected chi connectivity index (χ4v) is 4.28. The quantitative estimate of drug-likeness (QED) is 0.877. The van der Waals surface area contributed by atoms with Crippen LogP contribution in [0.1, 0.15) is 41.7 Å². The summed E-state index contributed by atoms with van der Waals surface area (Å²) in [5.74, 6) is -0.169. The molecule has 1 aromatic carbocycles. The zero-order valence-corrected chi connectivity index (χ0v) is 15.9. The third kappa shape index (κ3) is 3.64. The Labute approximate surface area is 159 Å². The van der Waals surface area contributed by atoms with Gasteiger partial charge in [-0.2, -0.15) is 5.10 Å². The number of aromatic nitrogens is 2. The maximum atomic E-state index is 12.4. The SMILES string of the molecule is Cn1cc(Cl)c(C(=O)NC2CCN(CC3(c4ccccc4)CC3)CC2)n1. The molecule has 1 aliphatic heterocycles. The average molecular weight is 373 g/mol. The lowest BCUT2D eigenvalue weighted by Gasteiger charge is -2.34. The van der Waals surface area contributed by atoms with Crippen LogP contribution in [0.25, 0.3) is 0 Å². The number of hydrogen-bond donors (Lipinski definition) is 1. The van der Waals surface area contributed by atoms with Crippen LogP contribution in [-0.4, -0.2) is 46.3 Å². The first-order chi connectivity index (χ1) is 12.6. The maximum Gasteiger partial charge on any atom is 0.273 e. The molecule has 26 heavy (non-hydrogen) atoms. The highest BCUT2D eigenvalue weighted by atomic mass is 35.5. The molecule has 1 aromatic heterocycles. The summed E-state index contributed by atoms with van der Waals surface area (Å²) >= 11 is 6.07. The topological polar surface area (TPSA) is 50.2 Å². The van der Waals surface area contributed by atoms with Crippen molar-refractivity contribution in [2.24, 2.45) is 7.05 Å². The van der Waals surface area contributed by atoms with Crippen LogP contribution in [0.15, 0.2) is 36.5 Å². The molecule has 1 saturated heterocycles. The minimum absolute atomic E-state index is 0.169. The van der Waals surface area contributed by atoms with E-state index in [-0.39, 0.29) is 11.9 Å². The minimum Gasteiger partial charge on any atom is -0.348 e. The van der Waals surface area contributed by atoms with Gasteiger partial charge in [0.2, 0.25) is 0 Å². The number of carbonyl (C=O) groups excluding carboxylic acids is 1. The number of halogens is 1. The third-order valence-electron chi connectivity index (χ3n) is 5.69. The van der Waals surface area contributed by atoms with E-state index in [1.807, 2.05) is 0 Å². The Kier molecular flexibility index (Phi) is 4.76. The van der Waals surface area contributed by atoms with Crippen molar-refractivity contribution in [3.05, 3.63) is 52.8 Å². The fraction of sp³-hybridized carbons (Fsp3) is 0.500. The zero-order valence-electron chi connectivity index (χ0n) is 15.1. The van der Waals surface area contributed by atoms with Gasteiger partial charge in [-0.3, -0.25) is 9.48 Å². The number of nitrogens with one attached hydrogen (secondary N) is 1. The van der Waals surface area contributed by atoms with Gasteiger partial charge in [-0.1, -0.05) is 41.9 Å². The number of benzene rings is 1. The second-order valence-corrected chi connectivity index (χ2v) is 8.08. The van der Waals surface area contributed by atoms with Crippen LogP contribution in [0.2, 0.25) is 5.02 Å². The smallest absolute Gasteiger partial charge is 0.273 e. The molecule has 1 amide bonds. The zero-order chi connectivity index (χ0) is 18.1. The molecule has 1 saturated carbocycles. The molecule has 2 aromatic rings. The first-order valence-electron chi connectivity index (χ1n) is 9.34. The van der Waals surface area contributed by atoms with Crippen LogP contribution in [0.5, 0.6) is 0 Å². The average Bonchev–Trinajstić information content (AvgIpc) is 3.34. The summed E-state index contributed by atoms with van der Waals surface area (Å²) in [6.45, 7) is 3.18. The van der Waals surface area contributed by atoms with Crippen molar-refractivity contribution in [2.45, 2.75) is 37.1 Å². The van der Waals surface area contributed by atoms with Gasteiger partial charge in [0.25, 0.3) is 5.91 Å². The maximum absolute atomic E-state index is 12.4. The third-order valence-corrected chi connectivity index (χ3v) is 5.96. The van der Waals surface area contributed by atoms with E-state index < -0.39 is 0 Å². The second kappa shape index (κ2) is 7.05. The molecule has 1 N–H and O–H groups in total. The van der Waals surface area contributed by atoms with E-state index in [1.165, 1.54) is 18.4 Å². The predicted molar refractivity (Wildman–Crippen MR) is 103 cm³/mol. The molecule has 138 valence electrons. The van der Waals surface area contributed by atoms with Gasteiger partial charge in [0.15, 0.2) is 5.69 Å². The molecule has 0 bridgehead atoms. The molecular formula is C20H25ClN4O. The van der Waals surface area contributed by atoms with Crippen LogP contribution < -0.4 is 5.32 Å². The molecule has 0 radical (unpaired) electrons. The molecule has 2 aliphatic rings. The molecule has 4 rings (SSSR count). The fourth-order valence-electron chi connectivity index (χ4n) is 4.01. The van der Waals surface area contributed by atoms with E-state index in [2.05, 4.69) is 45.6 Å². The van der Waals surface area contributed by atoms with Gasteiger partial charge in [0, 0.05) is 44.3 Å². The molecule has 1 aliphatic carbocycles. The summed E-state index contributed by atoms with van der Waals surface area (Å²) in [6.07, 6.45) is 6.16. The van der Waals surface area contributed by atoms with Crippen molar-refractivity contribution in [2.75, 3.05) is 19.6 Å². The number of rotatable bonds is 5. The summed E-state index contributed by atoms with van der Waals surface area (Å²) in [5.41, 5.74) is 2.15. The van der Waals surface area contributed by atoms with Gasteiger partial charge >= 0.3 is 0 Å². The highest BCUT2D eigenvalue weighted by Gasteiger charge is 2.45. The van der Waals surface area contributed by atoms with Crippen LogP contribution in [0.4, 0.5) is 0 Å². The van der Waals surface area contributed by atoms with Crippen LogP contribution in [0.3, 0.4) is 0 Å². The number of hydrogen-bond acceptors (Lipinski definition) is 3. The Morgan fingerprint density at radius 2 is 1.96 bits per heavy atom. The standard InChI is InChI=1S/C20H25ClN4O/c1-24-13-17(21)18(23-24)19(26)22-16-7-11-25(12-8-16)14-20(9-10-20)15-5-3-2-4-6-15/h2-6,13,16H,7-12,14H2,1H3,(H,22,26). The molecule has 5 nitrogen and oxygen atoms in total. The second-order valence-electron chi connectivity index (χ2n) is 7.67. The van der Waals surface area contributed by atoms with Gasteiger partial charge in [-0.25, -0.2) is 0 Å². The van der Waals surface area contributed by atoms with Crippen LogP contribution in [-0.2, 0) is 12.5 Å². The van der Waals surface area contributed by atoms with Gasteiger partial charge in [0.05, 0.1) is 5.02 Å².